The molecule has 0 bridgehead atoms. The normalized spacial score (nSPS) is 10.2. The first-order valence-electron chi connectivity index (χ1n) is 2.89. The Morgan fingerprint density at radius 3 is 1.92 bits per heavy atom. The van der Waals surface area contributed by atoms with Crippen molar-refractivity contribution in [3.63, 3.8) is 0 Å². The summed E-state index contributed by atoms with van der Waals surface area (Å²) in [5.74, 6) is -0.194. The first kappa shape index (κ1) is 11.2. The van der Waals surface area contributed by atoms with Crippen molar-refractivity contribution in [2.45, 2.75) is 6.36 Å². The highest BCUT2D eigenvalue weighted by Crippen LogP contribution is 2.21. The largest absolute Gasteiger partial charge is 0.573 e. The Kier molecular flexibility index (Phi) is 3.95. The molecule has 0 aliphatic carbocycles. The van der Waals surface area contributed by atoms with Crippen LogP contribution in [0.4, 0.5) is 13.2 Å². The highest BCUT2D eigenvalue weighted by Gasteiger charge is 2.30. The zero-order valence-electron chi connectivity index (χ0n) is 5.93. The summed E-state index contributed by atoms with van der Waals surface area (Å²) in [5, 5.41) is 0. The van der Waals surface area contributed by atoms with E-state index in [2.05, 4.69) is 4.74 Å². The molecule has 0 saturated heterocycles. The zero-order valence-corrected chi connectivity index (χ0v) is 6.93. The Hall–Kier alpha value is -0.840. The van der Waals surface area contributed by atoms with Crippen molar-refractivity contribution in [2.75, 3.05) is 0 Å². The average molecular weight is 196 g/mol. The van der Waals surface area contributed by atoms with Crippen molar-refractivity contribution in [1.29, 1.82) is 0 Å². The van der Waals surface area contributed by atoms with Crippen LogP contribution in [0.15, 0.2) is 30.3 Å². The first-order valence-corrected chi connectivity index (χ1v) is 2.89. The van der Waals surface area contributed by atoms with Crippen LogP contribution in [-0.2, 0) is 0 Å². The summed E-state index contributed by atoms with van der Waals surface area (Å²) in [7, 11) is 0. The fourth-order valence-corrected chi connectivity index (χ4v) is 0.622. The SMILES string of the molecule is FC(F)(F)Oc1ccccc1.S. The maximum absolute atomic E-state index is 11.5. The number of para-hydroxylation sites is 1. The highest BCUT2D eigenvalue weighted by molar-refractivity contribution is 7.59. The summed E-state index contributed by atoms with van der Waals surface area (Å²) in [6, 6.07) is 7.05. The van der Waals surface area contributed by atoms with Crippen LogP contribution in [0.2, 0.25) is 0 Å². The minimum absolute atomic E-state index is 0. The molecule has 0 aromatic heterocycles. The van der Waals surface area contributed by atoms with Crippen molar-refractivity contribution in [3.8, 4) is 5.75 Å². The minimum atomic E-state index is -4.60. The van der Waals surface area contributed by atoms with Gasteiger partial charge in [-0.1, -0.05) is 18.2 Å². The third kappa shape index (κ3) is 4.12. The maximum atomic E-state index is 11.5. The second-order valence-corrected chi connectivity index (χ2v) is 1.86. The molecule has 0 amide bonds. The van der Waals surface area contributed by atoms with Gasteiger partial charge < -0.3 is 4.74 Å². The Bertz CT molecular complexity index is 222. The number of benzene rings is 1. The van der Waals surface area contributed by atoms with Crippen LogP contribution < -0.4 is 4.74 Å². The minimum Gasteiger partial charge on any atom is -0.406 e. The van der Waals surface area contributed by atoms with Crippen molar-refractivity contribution in [2.24, 2.45) is 0 Å². The summed E-state index contributed by atoms with van der Waals surface area (Å²) >= 11 is 0. The van der Waals surface area contributed by atoms with Gasteiger partial charge >= 0.3 is 6.36 Å². The molecule has 0 unspecified atom stereocenters. The van der Waals surface area contributed by atoms with Crippen molar-refractivity contribution in [3.05, 3.63) is 30.3 Å². The van der Waals surface area contributed by atoms with Crippen LogP contribution in [0.1, 0.15) is 0 Å². The van der Waals surface area contributed by atoms with Gasteiger partial charge in [0.2, 0.25) is 0 Å². The molecule has 0 aliphatic heterocycles. The van der Waals surface area contributed by atoms with E-state index >= 15 is 0 Å². The van der Waals surface area contributed by atoms with E-state index in [1.165, 1.54) is 24.3 Å². The van der Waals surface area contributed by atoms with Gasteiger partial charge in [0.1, 0.15) is 5.75 Å². The molecule has 0 heterocycles. The van der Waals surface area contributed by atoms with E-state index in [0.717, 1.165) is 0 Å². The van der Waals surface area contributed by atoms with Crippen LogP contribution in [0.5, 0.6) is 5.75 Å². The van der Waals surface area contributed by atoms with Gasteiger partial charge in [-0.2, -0.15) is 13.5 Å². The lowest BCUT2D eigenvalue weighted by Crippen LogP contribution is -2.16. The van der Waals surface area contributed by atoms with Gasteiger partial charge in [-0.05, 0) is 12.1 Å². The summed E-state index contributed by atoms with van der Waals surface area (Å²) in [6.45, 7) is 0. The topological polar surface area (TPSA) is 9.23 Å². The zero-order chi connectivity index (χ0) is 8.32. The van der Waals surface area contributed by atoms with Crippen molar-refractivity contribution >= 4 is 13.5 Å². The second-order valence-electron chi connectivity index (χ2n) is 1.86. The summed E-state index contributed by atoms with van der Waals surface area (Å²) in [6.07, 6.45) is -4.60. The Balaban J connectivity index is 0.00000121. The third-order valence-electron chi connectivity index (χ3n) is 0.977. The Morgan fingerprint density at radius 2 is 1.50 bits per heavy atom. The molecule has 0 radical (unpaired) electrons. The lowest BCUT2D eigenvalue weighted by Gasteiger charge is -2.07. The maximum Gasteiger partial charge on any atom is 0.573 e. The number of halogens is 3. The van der Waals surface area contributed by atoms with Crippen LogP contribution in [0, 0.1) is 0 Å². The fraction of sp³-hybridized carbons (Fsp3) is 0.143. The van der Waals surface area contributed by atoms with Gasteiger partial charge in [0, 0.05) is 0 Å². The first-order chi connectivity index (χ1) is 5.08. The van der Waals surface area contributed by atoms with E-state index in [1.807, 2.05) is 0 Å². The van der Waals surface area contributed by atoms with Gasteiger partial charge in [0.15, 0.2) is 0 Å². The van der Waals surface area contributed by atoms with Gasteiger partial charge in [-0.25, -0.2) is 0 Å². The second kappa shape index (κ2) is 4.25. The average Bonchev–Trinajstić information content (AvgIpc) is 1.85. The lowest BCUT2D eigenvalue weighted by molar-refractivity contribution is -0.274. The van der Waals surface area contributed by atoms with Crippen LogP contribution >= 0.6 is 13.5 Å². The van der Waals surface area contributed by atoms with Crippen LogP contribution in [0.25, 0.3) is 0 Å². The standard InChI is InChI=1S/C7H5F3O.H2S/c8-7(9,10)11-6-4-2-1-3-5-6;/h1-5H;1H2. The molecule has 1 rings (SSSR count). The molecule has 0 N–H and O–H groups in total. The molecular weight excluding hydrogens is 189 g/mol. The number of hydrogen-bond donors (Lipinski definition) is 0. The molecule has 68 valence electrons. The summed E-state index contributed by atoms with van der Waals surface area (Å²) < 4.78 is 38.2. The van der Waals surface area contributed by atoms with E-state index < -0.39 is 6.36 Å². The predicted octanol–water partition coefficient (Wildman–Crippen LogP) is 2.70. The molecule has 1 nitrogen and oxygen atoms in total. The molecule has 0 spiro atoms. The molecule has 0 atom stereocenters. The smallest absolute Gasteiger partial charge is 0.406 e. The quantitative estimate of drug-likeness (QED) is 0.671. The van der Waals surface area contributed by atoms with Crippen molar-refractivity contribution < 1.29 is 17.9 Å². The number of hydrogen-bond acceptors (Lipinski definition) is 1. The van der Waals surface area contributed by atoms with Gasteiger partial charge in [-0.15, -0.1) is 13.2 Å². The molecular formula is C7H7F3OS. The predicted molar refractivity (Wildman–Crippen MR) is 43.5 cm³/mol. The van der Waals surface area contributed by atoms with Crippen molar-refractivity contribution in [1.82, 2.24) is 0 Å². The van der Waals surface area contributed by atoms with E-state index in [0.29, 0.717) is 0 Å². The van der Waals surface area contributed by atoms with E-state index in [4.69, 9.17) is 0 Å². The van der Waals surface area contributed by atoms with Gasteiger partial charge in [-0.3, -0.25) is 0 Å². The fourth-order valence-electron chi connectivity index (χ4n) is 0.622. The number of alkyl halides is 3. The lowest BCUT2D eigenvalue weighted by atomic mass is 10.3. The summed E-state index contributed by atoms with van der Waals surface area (Å²) in [5.41, 5.74) is 0. The highest BCUT2D eigenvalue weighted by atomic mass is 32.1. The van der Waals surface area contributed by atoms with Gasteiger partial charge in [0.05, 0.1) is 0 Å². The third-order valence-corrected chi connectivity index (χ3v) is 0.977. The molecule has 0 aliphatic rings. The van der Waals surface area contributed by atoms with Gasteiger partial charge in [0.25, 0.3) is 0 Å². The molecule has 5 heteroatoms. The number of rotatable bonds is 1. The molecule has 1 aromatic rings. The monoisotopic (exact) mass is 196 g/mol. The van der Waals surface area contributed by atoms with Crippen LogP contribution in [-0.4, -0.2) is 6.36 Å². The molecule has 0 fully saturated rings. The molecule has 1 aromatic carbocycles. The van der Waals surface area contributed by atoms with Crippen LogP contribution in [0.3, 0.4) is 0 Å². The van der Waals surface area contributed by atoms with E-state index in [9.17, 15) is 13.2 Å². The molecule has 12 heavy (non-hydrogen) atoms. The van der Waals surface area contributed by atoms with E-state index in [1.54, 1.807) is 6.07 Å². The van der Waals surface area contributed by atoms with E-state index in [-0.39, 0.29) is 19.2 Å². The summed E-state index contributed by atoms with van der Waals surface area (Å²) in [4.78, 5) is 0. The number of ether oxygens (including phenoxy) is 1. The Morgan fingerprint density at radius 1 is 1.00 bits per heavy atom. The Labute approximate surface area is 74.6 Å². The molecule has 0 saturated carbocycles.